The molecule has 0 aromatic heterocycles. The number of hydrogen-bond acceptors (Lipinski definition) is 3. The van der Waals surface area contributed by atoms with E-state index < -0.39 is 6.10 Å². The van der Waals surface area contributed by atoms with Gasteiger partial charge < -0.3 is 15.4 Å². The molecule has 0 saturated carbocycles. The molecule has 2 atom stereocenters. The molecule has 0 radical (unpaired) electrons. The third kappa shape index (κ3) is 4.24. The Hall–Kier alpha value is -1.55. The molecule has 1 amide bonds. The van der Waals surface area contributed by atoms with Crippen LogP contribution in [0.15, 0.2) is 24.3 Å². The molecule has 1 unspecified atom stereocenters. The number of amides is 1. The van der Waals surface area contributed by atoms with Crippen molar-refractivity contribution in [3.63, 3.8) is 0 Å². The fraction of sp³-hybridized carbons (Fsp3) is 0.533. The van der Waals surface area contributed by atoms with Gasteiger partial charge in [0.2, 0.25) is 0 Å². The third-order valence-corrected chi connectivity index (χ3v) is 3.35. The Morgan fingerprint density at radius 1 is 1.42 bits per heavy atom. The lowest BCUT2D eigenvalue weighted by atomic mass is 10.1. The van der Waals surface area contributed by atoms with Crippen LogP contribution in [0.4, 0.5) is 0 Å². The van der Waals surface area contributed by atoms with E-state index >= 15 is 0 Å². The first-order chi connectivity index (χ1) is 9.15. The zero-order chi connectivity index (χ0) is 13.7. The van der Waals surface area contributed by atoms with Crippen molar-refractivity contribution in [2.45, 2.75) is 38.8 Å². The molecule has 1 heterocycles. The summed E-state index contributed by atoms with van der Waals surface area (Å²) in [5.41, 5.74) is 1.18. The van der Waals surface area contributed by atoms with E-state index in [2.05, 4.69) is 10.6 Å². The summed E-state index contributed by atoms with van der Waals surface area (Å²) >= 11 is 0. The van der Waals surface area contributed by atoms with Gasteiger partial charge in [0.15, 0.2) is 6.10 Å². The van der Waals surface area contributed by atoms with Gasteiger partial charge in [-0.25, -0.2) is 0 Å². The second-order valence-corrected chi connectivity index (χ2v) is 5.12. The summed E-state index contributed by atoms with van der Waals surface area (Å²) in [6, 6.07) is 7.96. The molecule has 1 fully saturated rings. The first kappa shape index (κ1) is 13.9. The summed E-state index contributed by atoms with van der Waals surface area (Å²) in [5.74, 6) is 0.685. The van der Waals surface area contributed by atoms with Crippen LogP contribution in [-0.2, 0) is 4.79 Å². The Labute approximate surface area is 114 Å². The van der Waals surface area contributed by atoms with Crippen LogP contribution in [0.2, 0.25) is 0 Å². The predicted octanol–water partition coefficient (Wildman–Crippen LogP) is 1.63. The van der Waals surface area contributed by atoms with Crippen LogP contribution in [-0.4, -0.2) is 31.1 Å². The van der Waals surface area contributed by atoms with Crippen LogP contribution >= 0.6 is 0 Å². The number of carbonyl (C=O) groups excluding carboxylic acids is 1. The Balaban J connectivity index is 1.83. The van der Waals surface area contributed by atoms with Crippen LogP contribution in [0, 0.1) is 6.92 Å². The van der Waals surface area contributed by atoms with E-state index in [-0.39, 0.29) is 11.9 Å². The minimum absolute atomic E-state index is 0.0470. The van der Waals surface area contributed by atoms with Crippen molar-refractivity contribution in [1.82, 2.24) is 10.6 Å². The molecule has 104 valence electrons. The standard InChI is InChI=1S/C15H22N2O2/c1-11-5-7-14(8-6-11)19-12(2)15(18)17-13-4-3-9-16-10-13/h5-8,12-13,16H,3-4,9-10H2,1-2H3,(H,17,18)/t12?,13-/m0/s1. The number of carbonyl (C=O) groups is 1. The largest absolute Gasteiger partial charge is 0.481 e. The zero-order valence-corrected chi connectivity index (χ0v) is 11.6. The molecular weight excluding hydrogens is 240 g/mol. The van der Waals surface area contributed by atoms with Crippen molar-refractivity contribution in [3.8, 4) is 5.75 Å². The van der Waals surface area contributed by atoms with Crippen LogP contribution in [0.3, 0.4) is 0 Å². The van der Waals surface area contributed by atoms with Gasteiger partial charge in [-0.05, 0) is 45.4 Å². The van der Waals surface area contributed by atoms with Gasteiger partial charge in [-0.2, -0.15) is 0 Å². The topological polar surface area (TPSA) is 50.4 Å². The summed E-state index contributed by atoms with van der Waals surface area (Å²) in [6.45, 7) is 5.70. The Morgan fingerprint density at radius 3 is 2.79 bits per heavy atom. The van der Waals surface area contributed by atoms with Crippen molar-refractivity contribution >= 4 is 5.91 Å². The zero-order valence-electron chi connectivity index (χ0n) is 11.6. The monoisotopic (exact) mass is 262 g/mol. The predicted molar refractivity (Wildman–Crippen MR) is 75.3 cm³/mol. The van der Waals surface area contributed by atoms with Gasteiger partial charge in [0.05, 0.1) is 0 Å². The molecule has 0 aliphatic carbocycles. The van der Waals surface area contributed by atoms with Crippen LogP contribution in [0.1, 0.15) is 25.3 Å². The van der Waals surface area contributed by atoms with Gasteiger partial charge in [0.25, 0.3) is 5.91 Å². The van der Waals surface area contributed by atoms with Crippen molar-refractivity contribution in [2.75, 3.05) is 13.1 Å². The number of nitrogens with one attached hydrogen (secondary N) is 2. The van der Waals surface area contributed by atoms with E-state index in [1.165, 1.54) is 5.56 Å². The van der Waals surface area contributed by atoms with Crippen molar-refractivity contribution in [3.05, 3.63) is 29.8 Å². The Morgan fingerprint density at radius 2 is 2.16 bits per heavy atom. The average Bonchev–Trinajstić information content (AvgIpc) is 2.42. The molecule has 19 heavy (non-hydrogen) atoms. The second kappa shape index (κ2) is 6.57. The van der Waals surface area contributed by atoms with Crippen molar-refractivity contribution in [1.29, 1.82) is 0 Å². The number of piperidine rings is 1. The Bertz CT molecular complexity index is 411. The number of benzene rings is 1. The minimum atomic E-state index is -0.468. The maximum absolute atomic E-state index is 12.0. The molecular formula is C15H22N2O2. The number of ether oxygens (including phenoxy) is 1. The number of aryl methyl sites for hydroxylation is 1. The maximum Gasteiger partial charge on any atom is 0.261 e. The van der Waals surface area contributed by atoms with Gasteiger partial charge in [-0.3, -0.25) is 4.79 Å². The van der Waals surface area contributed by atoms with E-state index in [0.29, 0.717) is 0 Å². The fourth-order valence-electron chi connectivity index (χ4n) is 2.17. The summed E-state index contributed by atoms with van der Waals surface area (Å²) in [6.07, 6.45) is 1.68. The molecule has 2 N–H and O–H groups in total. The summed E-state index contributed by atoms with van der Waals surface area (Å²) in [7, 11) is 0. The first-order valence-corrected chi connectivity index (χ1v) is 6.89. The van der Waals surface area contributed by atoms with Crippen molar-refractivity contribution in [2.24, 2.45) is 0 Å². The van der Waals surface area contributed by atoms with Gasteiger partial charge in [0, 0.05) is 12.6 Å². The van der Waals surface area contributed by atoms with Crippen molar-refractivity contribution < 1.29 is 9.53 Å². The molecule has 2 rings (SSSR count). The minimum Gasteiger partial charge on any atom is -0.481 e. The highest BCUT2D eigenvalue weighted by Crippen LogP contribution is 2.13. The summed E-state index contributed by atoms with van der Waals surface area (Å²) in [4.78, 5) is 12.0. The molecule has 1 aromatic carbocycles. The maximum atomic E-state index is 12.0. The third-order valence-electron chi connectivity index (χ3n) is 3.35. The lowest BCUT2D eigenvalue weighted by molar-refractivity contribution is -0.128. The van der Waals surface area contributed by atoms with E-state index in [4.69, 9.17) is 4.74 Å². The van der Waals surface area contributed by atoms with Gasteiger partial charge in [-0.15, -0.1) is 0 Å². The van der Waals surface area contributed by atoms with Crippen LogP contribution < -0.4 is 15.4 Å². The van der Waals surface area contributed by atoms with Gasteiger partial charge in [0.1, 0.15) is 5.75 Å². The molecule has 1 aliphatic rings. The molecule has 0 bridgehead atoms. The summed E-state index contributed by atoms with van der Waals surface area (Å²) in [5, 5.41) is 6.30. The average molecular weight is 262 g/mol. The molecule has 0 spiro atoms. The molecule has 1 aromatic rings. The van der Waals surface area contributed by atoms with Crippen LogP contribution in [0.25, 0.3) is 0 Å². The quantitative estimate of drug-likeness (QED) is 0.867. The van der Waals surface area contributed by atoms with E-state index in [9.17, 15) is 4.79 Å². The fourth-order valence-corrected chi connectivity index (χ4v) is 2.17. The number of hydrogen-bond donors (Lipinski definition) is 2. The van der Waals surface area contributed by atoms with E-state index in [1.54, 1.807) is 6.92 Å². The van der Waals surface area contributed by atoms with Gasteiger partial charge >= 0.3 is 0 Å². The second-order valence-electron chi connectivity index (χ2n) is 5.12. The normalized spacial score (nSPS) is 20.6. The van der Waals surface area contributed by atoms with E-state index in [1.807, 2.05) is 31.2 Å². The molecule has 1 saturated heterocycles. The Kier molecular flexibility index (Phi) is 4.80. The highest BCUT2D eigenvalue weighted by atomic mass is 16.5. The smallest absolute Gasteiger partial charge is 0.261 e. The molecule has 1 aliphatic heterocycles. The number of rotatable bonds is 4. The van der Waals surface area contributed by atoms with Crippen LogP contribution in [0.5, 0.6) is 5.75 Å². The highest BCUT2D eigenvalue weighted by molar-refractivity contribution is 5.81. The lowest BCUT2D eigenvalue weighted by Gasteiger charge is -2.25. The molecule has 4 nitrogen and oxygen atoms in total. The molecule has 4 heteroatoms. The highest BCUT2D eigenvalue weighted by Gasteiger charge is 2.20. The van der Waals surface area contributed by atoms with Gasteiger partial charge in [-0.1, -0.05) is 17.7 Å². The SMILES string of the molecule is Cc1ccc(OC(C)C(=O)N[C@H]2CCCNC2)cc1. The van der Waals surface area contributed by atoms with E-state index in [0.717, 1.165) is 31.7 Å². The summed E-state index contributed by atoms with van der Waals surface area (Å²) < 4.78 is 5.64. The first-order valence-electron chi connectivity index (χ1n) is 6.89. The lowest BCUT2D eigenvalue weighted by Crippen LogP contribution is -2.49.